The quantitative estimate of drug-likeness (QED) is 0.220. The largest absolute Gasteiger partial charge is 0.481 e. The molecule has 26 heavy (non-hydrogen) atoms. The average Bonchev–Trinajstić information content (AvgIpc) is 2.53. The molecule has 0 saturated heterocycles. The second kappa shape index (κ2) is 16.1. The second-order valence-electron chi connectivity index (χ2n) is 8.37. The van der Waals surface area contributed by atoms with E-state index < -0.39 is 11.4 Å². The fraction of sp³-hybridized carbons (Fsp3) is 0.909. The van der Waals surface area contributed by atoms with Gasteiger partial charge in [-0.2, -0.15) is 0 Å². The van der Waals surface area contributed by atoms with Gasteiger partial charge in [-0.1, -0.05) is 97.8 Å². The van der Waals surface area contributed by atoms with E-state index in [-0.39, 0.29) is 18.8 Å². The van der Waals surface area contributed by atoms with E-state index in [1.165, 1.54) is 70.6 Å². The van der Waals surface area contributed by atoms with Gasteiger partial charge in [0.05, 0.1) is 19.4 Å². The third-order valence-electron chi connectivity index (χ3n) is 4.76. The second-order valence-corrected chi connectivity index (χ2v) is 8.37. The topological polar surface area (TPSA) is 63.6 Å². The number of carbonyl (C=O) groups excluding carboxylic acids is 1. The van der Waals surface area contributed by atoms with Gasteiger partial charge in [-0.3, -0.25) is 9.59 Å². The standard InChI is InChI=1S/C22H42O4/c1-4-5-6-7-8-9-10-11-12-13-14-15-16-17-26-21(25)19-22(2,3)18-20(23)24/h4-19H2,1-3H3,(H,23,24). The Bertz CT molecular complexity index is 363. The number of aliphatic carboxylic acids is 1. The minimum absolute atomic E-state index is 0.0131. The van der Waals surface area contributed by atoms with Gasteiger partial charge in [-0.05, 0) is 11.8 Å². The van der Waals surface area contributed by atoms with E-state index in [1.54, 1.807) is 13.8 Å². The number of hydrogen-bond acceptors (Lipinski definition) is 3. The number of unbranched alkanes of at least 4 members (excludes halogenated alkanes) is 12. The van der Waals surface area contributed by atoms with Crippen molar-refractivity contribution >= 4 is 11.9 Å². The van der Waals surface area contributed by atoms with Gasteiger partial charge in [0.1, 0.15) is 0 Å². The first kappa shape index (κ1) is 24.9. The summed E-state index contributed by atoms with van der Waals surface area (Å²) in [7, 11) is 0. The van der Waals surface area contributed by atoms with Gasteiger partial charge in [0.15, 0.2) is 0 Å². The molecule has 0 heterocycles. The number of carboxylic acids is 1. The van der Waals surface area contributed by atoms with Crippen molar-refractivity contribution in [3.8, 4) is 0 Å². The van der Waals surface area contributed by atoms with E-state index in [9.17, 15) is 9.59 Å². The Morgan fingerprint density at radius 1 is 0.731 bits per heavy atom. The molecule has 0 aromatic rings. The van der Waals surface area contributed by atoms with Gasteiger partial charge in [0.25, 0.3) is 0 Å². The van der Waals surface area contributed by atoms with Crippen LogP contribution in [-0.2, 0) is 14.3 Å². The monoisotopic (exact) mass is 370 g/mol. The summed E-state index contributed by atoms with van der Waals surface area (Å²) in [5, 5.41) is 8.82. The van der Waals surface area contributed by atoms with E-state index in [0.717, 1.165) is 12.8 Å². The lowest BCUT2D eigenvalue weighted by Gasteiger charge is -2.20. The fourth-order valence-corrected chi connectivity index (χ4v) is 3.22. The maximum Gasteiger partial charge on any atom is 0.306 e. The molecule has 0 rings (SSSR count). The molecule has 154 valence electrons. The van der Waals surface area contributed by atoms with Crippen molar-refractivity contribution in [2.75, 3.05) is 6.61 Å². The summed E-state index contributed by atoms with van der Waals surface area (Å²) in [4.78, 5) is 22.5. The summed E-state index contributed by atoms with van der Waals surface area (Å²) < 4.78 is 5.23. The minimum Gasteiger partial charge on any atom is -0.481 e. The molecule has 0 aromatic carbocycles. The zero-order valence-electron chi connectivity index (χ0n) is 17.5. The molecular weight excluding hydrogens is 328 g/mol. The maximum absolute atomic E-state index is 11.7. The Morgan fingerprint density at radius 2 is 1.15 bits per heavy atom. The van der Waals surface area contributed by atoms with E-state index in [4.69, 9.17) is 9.84 Å². The number of carbonyl (C=O) groups is 2. The van der Waals surface area contributed by atoms with Crippen LogP contribution in [0.2, 0.25) is 0 Å². The number of ether oxygens (including phenoxy) is 1. The van der Waals surface area contributed by atoms with Gasteiger partial charge in [0.2, 0.25) is 0 Å². The first-order chi connectivity index (χ1) is 12.4. The lowest BCUT2D eigenvalue weighted by Crippen LogP contribution is -2.22. The number of carboxylic acid groups (broad SMARTS) is 1. The van der Waals surface area contributed by atoms with E-state index in [0.29, 0.717) is 6.61 Å². The Kier molecular flexibility index (Phi) is 15.5. The molecule has 0 saturated carbocycles. The van der Waals surface area contributed by atoms with Crippen LogP contribution in [0.4, 0.5) is 0 Å². The lowest BCUT2D eigenvalue weighted by atomic mass is 9.86. The highest BCUT2D eigenvalue weighted by Crippen LogP contribution is 2.25. The molecule has 0 amide bonds. The molecule has 1 N–H and O–H groups in total. The predicted octanol–water partition coefficient (Wildman–Crippen LogP) is 6.51. The van der Waals surface area contributed by atoms with Crippen molar-refractivity contribution < 1.29 is 19.4 Å². The van der Waals surface area contributed by atoms with Crippen molar-refractivity contribution in [1.29, 1.82) is 0 Å². The number of esters is 1. The molecule has 0 aliphatic rings. The Labute approximate surface area is 161 Å². The molecule has 0 fully saturated rings. The third kappa shape index (κ3) is 17.8. The SMILES string of the molecule is CCCCCCCCCCCCCCCOC(=O)CC(C)(C)CC(=O)O. The number of rotatable bonds is 18. The Balaban J connectivity index is 3.35. The highest BCUT2D eigenvalue weighted by molar-refractivity contribution is 5.73. The van der Waals surface area contributed by atoms with Crippen molar-refractivity contribution in [1.82, 2.24) is 0 Å². The Hall–Kier alpha value is -1.06. The summed E-state index contributed by atoms with van der Waals surface area (Å²) in [6.07, 6.45) is 17.0. The van der Waals surface area contributed by atoms with Crippen LogP contribution >= 0.6 is 0 Å². The fourth-order valence-electron chi connectivity index (χ4n) is 3.22. The molecular formula is C22H42O4. The van der Waals surface area contributed by atoms with Gasteiger partial charge >= 0.3 is 11.9 Å². The summed E-state index contributed by atoms with van der Waals surface area (Å²) in [6, 6.07) is 0. The zero-order valence-corrected chi connectivity index (χ0v) is 17.5. The highest BCUT2D eigenvalue weighted by atomic mass is 16.5. The smallest absolute Gasteiger partial charge is 0.306 e. The molecule has 0 aliphatic heterocycles. The van der Waals surface area contributed by atoms with Crippen LogP contribution in [0.5, 0.6) is 0 Å². The van der Waals surface area contributed by atoms with Crippen LogP contribution in [0.15, 0.2) is 0 Å². The molecule has 0 bridgehead atoms. The van der Waals surface area contributed by atoms with Gasteiger partial charge in [-0.15, -0.1) is 0 Å². The van der Waals surface area contributed by atoms with E-state index >= 15 is 0 Å². The first-order valence-corrected chi connectivity index (χ1v) is 10.7. The van der Waals surface area contributed by atoms with E-state index in [1.807, 2.05) is 0 Å². The molecule has 4 nitrogen and oxygen atoms in total. The predicted molar refractivity (Wildman–Crippen MR) is 107 cm³/mol. The van der Waals surface area contributed by atoms with Crippen molar-refractivity contribution in [3.63, 3.8) is 0 Å². The molecule has 0 spiro atoms. The molecule has 0 radical (unpaired) electrons. The Morgan fingerprint density at radius 3 is 1.58 bits per heavy atom. The maximum atomic E-state index is 11.7. The van der Waals surface area contributed by atoms with Gasteiger partial charge < -0.3 is 9.84 Å². The summed E-state index contributed by atoms with van der Waals surface area (Å²) >= 11 is 0. The summed E-state index contributed by atoms with van der Waals surface area (Å²) in [5.74, 6) is -1.16. The molecule has 4 heteroatoms. The lowest BCUT2D eigenvalue weighted by molar-refractivity contribution is -0.147. The van der Waals surface area contributed by atoms with Crippen LogP contribution < -0.4 is 0 Å². The van der Waals surface area contributed by atoms with Crippen molar-refractivity contribution in [2.24, 2.45) is 5.41 Å². The van der Waals surface area contributed by atoms with Gasteiger partial charge in [0, 0.05) is 0 Å². The van der Waals surface area contributed by atoms with E-state index in [2.05, 4.69) is 6.92 Å². The van der Waals surface area contributed by atoms with Gasteiger partial charge in [-0.25, -0.2) is 0 Å². The highest BCUT2D eigenvalue weighted by Gasteiger charge is 2.25. The van der Waals surface area contributed by atoms with Crippen LogP contribution in [0.3, 0.4) is 0 Å². The van der Waals surface area contributed by atoms with Crippen molar-refractivity contribution in [2.45, 2.75) is 117 Å². The van der Waals surface area contributed by atoms with Crippen LogP contribution in [-0.4, -0.2) is 23.7 Å². The van der Waals surface area contributed by atoms with Crippen LogP contribution in [0.1, 0.15) is 117 Å². The minimum atomic E-state index is -0.876. The van der Waals surface area contributed by atoms with Crippen molar-refractivity contribution in [3.05, 3.63) is 0 Å². The first-order valence-electron chi connectivity index (χ1n) is 10.7. The third-order valence-corrected chi connectivity index (χ3v) is 4.76. The summed E-state index contributed by atoms with van der Waals surface area (Å²) in [6.45, 7) is 6.29. The molecule has 0 atom stereocenters. The summed E-state index contributed by atoms with van der Waals surface area (Å²) in [5.41, 5.74) is -0.543. The molecule has 0 aliphatic carbocycles. The van der Waals surface area contributed by atoms with Crippen LogP contribution in [0.25, 0.3) is 0 Å². The molecule has 0 unspecified atom stereocenters. The average molecular weight is 371 g/mol. The zero-order chi connectivity index (χ0) is 19.7. The van der Waals surface area contributed by atoms with Crippen LogP contribution in [0, 0.1) is 5.41 Å². The molecule has 0 aromatic heterocycles. The number of hydrogen-bond donors (Lipinski definition) is 1. The normalized spacial score (nSPS) is 11.5.